The number of para-hydroxylation sites is 1. The first-order chi connectivity index (χ1) is 14.3. The van der Waals surface area contributed by atoms with Crippen molar-refractivity contribution in [3.63, 3.8) is 0 Å². The minimum atomic E-state index is -4.62. The van der Waals surface area contributed by atoms with Crippen LogP contribution in [-0.4, -0.2) is 10.9 Å². The minimum absolute atomic E-state index is 0.112. The lowest BCUT2D eigenvalue weighted by Crippen LogP contribution is -2.15. The molecule has 0 aliphatic heterocycles. The van der Waals surface area contributed by atoms with E-state index in [4.69, 9.17) is 11.6 Å². The Morgan fingerprint density at radius 1 is 0.900 bits per heavy atom. The summed E-state index contributed by atoms with van der Waals surface area (Å²) in [5, 5.41) is 2.54. The quantitative estimate of drug-likeness (QED) is 0.390. The number of anilines is 1. The van der Waals surface area contributed by atoms with Gasteiger partial charge in [-0.25, -0.2) is 4.98 Å². The van der Waals surface area contributed by atoms with Gasteiger partial charge in [0.05, 0.1) is 33.0 Å². The van der Waals surface area contributed by atoms with Gasteiger partial charge in [-0.05, 0) is 24.3 Å². The molecule has 3 nitrogen and oxygen atoms in total. The SMILES string of the molecule is O=C(Nc1cccc(C(F)(F)F)c1Cl)c1cc(-c2ccccc2)nc2ccccc12. The fourth-order valence-corrected chi connectivity index (χ4v) is 3.44. The third-order valence-electron chi connectivity index (χ3n) is 4.58. The van der Waals surface area contributed by atoms with Crippen LogP contribution in [0.2, 0.25) is 5.02 Å². The molecule has 0 spiro atoms. The van der Waals surface area contributed by atoms with Crippen molar-refractivity contribution in [1.29, 1.82) is 0 Å². The molecule has 30 heavy (non-hydrogen) atoms. The first-order valence-electron chi connectivity index (χ1n) is 8.97. The number of benzene rings is 3. The van der Waals surface area contributed by atoms with Gasteiger partial charge < -0.3 is 5.32 Å². The number of aromatic nitrogens is 1. The highest BCUT2D eigenvalue weighted by molar-refractivity contribution is 6.35. The molecule has 0 atom stereocenters. The number of fused-ring (bicyclic) bond motifs is 1. The number of pyridine rings is 1. The van der Waals surface area contributed by atoms with Crippen LogP contribution < -0.4 is 5.32 Å². The van der Waals surface area contributed by atoms with Gasteiger partial charge in [0.2, 0.25) is 0 Å². The van der Waals surface area contributed by atoms with Crippen LogP contribution in [-0.2, 0) is 6.18 Å². The van der Waals surface area contributed by atoms with Gasteiger partial charge in [-0.2, -0.15) is 13.2 Å². The molecule has 4 aromatic rings. The van der Waals surface area contributed by atoms with Crippen LogP contribution in [0.3, 0.4) is 0 Å². The molecule has 1 aromatic heterocycles. The summed E-state index contributed by atoms with van der Waals surface area (Å²) < 4.78 is 39.4. The van der Waals surface area contributed by atoms with Crippen molar-refractivity contribution >= 4 is 34.1 Å². The third-order valence-corrected chi connectivity index (χ3v) is 4.99. The number of halogens is 4. The van der Waals surface area contributed by atoms with E-state index < -0.39 is 22.7 Å². The summed E-state index contributed by atoms with van der Waals surface area (Å²) in [6.07, 6.45) is -4.62. The number of rotatable bonds is 3. The van der Waals surface area contributed by atoms with Crippen molar-refractivity contribution in [2.45, 2.75) is 6.18 Å². The maximum atomic E-state index is 13.1. The Hall–Kier alpha value is -3.38. The summed E-state index contributed by atoms with van der Waals surface area (Å²) in [5.74, 6) is -0.577. The van der Waals surface area contributed by atoms with Crippen molar-refractivity contribution in [2.75, 3.05) is 5.32 Å². The number of alkyl halides is 3. The zero-order valence-corrected chi connectivity index (χ0v) is 16.1. The van der Waals surface area contributed by atoms with E-state index in [1.807, 2.05) is 30.3 Å². The summed E-state index contributed by atoms with van der Waals surface area (Å²) in [7, 11) is 0. The lowest BCUT2D eigenvalue weighted by Gasteiger charge is -2.14. The minimum Gasteiger partial charge on any atom is -0.321 e. The summed E-state index contributed by atoms with van der Waals surface area (Å²) >= 11 is 5.92. The summed E-state index contributed by atoms with van der Waals surface area (Å²) in [5.41, 5.74) is 1.15. The summed E-state index contributed by atoms with van der Waals surface area (Å²) in [6, 6.07) is 21.4. The number of carbonyl (C=O) groups is 1. The smallest absolute Gasteiger partial charge is 0.321 e. The number of nitrogens with zero attached hydrogens (tertiary/aromatic N) is 1. The molecule has 0 saturated heterocycles. The van der Waals surface area contributed by atoms with Crippen LogP contribution in [0.1, 0.15) is 15.9 Å². The Balaban J connectivity index is 1.79. The van der Waals surface area contributed by atoms with Crippen LogP contribution in [0, 0.1) is 0 Å². The molecule has 0 saturated carbocycles. The number of amides is 1. The van der Waals surface area contributed by atoms with Gasteiger partial charge in [0, 0.05) is 10.9 Å². The molecule has 1 amide bonds. The molecule has 4 rings (SSSR count). The van der Waals surface area contributed by atoms with E-state index in [1.165, 1.54) is 12.1 Å². The van der Waals surface area contributed by atoms with Crippen molar-refractivity contribution < 1.29 is 18.0 Å². The molecule has 0 radical (unpaired) electrons. The van der Waals surface area contributed by atoms with E-state index in [9.17, 15) is 18.0 Å². The van der Waals surface area contributed by atoms with Crippen LogP contribution >= 0.6 is 11.6 Å². The second kappa shape index (κ2) is 7.80. The van der Waals surface area contributed by atoms with E-state index in [0.29, 0.717) is 16.6 Å². The van der Waals surface area contributed by atoms with E-state index in [1.54, 1.807) is 30.3 Å². The second-order valence-corrected chi connectivity index (χ2v) is 6.94. The van der Waals surface area contributed by atoms with Crippen molar-refractivity contribution in [3.8, 4) is 11.3 Å². The molecular weight excluding hydrogens is 413 g/mol. The topological polar surface area (TPSA) is 42.0 Å². The van der Waals surface area contributed by atoms with Gasteiger partial charge >= 0.3 is 6.18 Å². The van der Waals surface area contributed by atoms with E-state index in [0.717, 1.165) is 11.6 Å². The molecule has 150 valence electrons. The van der Waals surface area contributed by atoms with Gasteiger partial charge in [0.25, 0.3) is 5.91 Å². The number of hydrogen-bond acceptors (Lipinski definition) is 2. The van der Waals surface area contributed by atoms with Gasteiger partial charge in [0.1, 0.15) is 0 Å². The molecule has 0 aliphatic rings. The predicted molar refractivity (Wildman–Crippen MR) is 112 cm³/mol. The van der Waals surface area contributed by atoms with Crippen molar-refractivity contribution in [2.24, 2.45) is 0 Å². The Labute approximate surface area is 175 Å². The molecule has 0 unspecified atom stereocenters. The summed E-state index contributed by atoms with van der Waals surface area (Å²) in [6.45, 7) is 0. The highest BCUT2D eigenvalue weighted by Crippen LogP contribution is 2.38. The van der Waals surface area contributed by atoms with Gasteiger partial charge in [-0.3, -0.25) is 4.79 Å². The third kappa shape index (κ3) is 3.86. The molecule has 0 bridgehead atoms. The van der Waals surface area contributed by atoms with Crippen LogP contribution in [0.25, 0.3) is 22.2 Å². The first kappa shape index (κ1) is 19.9. The maximum Gasteiger partial charge on any atom is 0.417 e. The average molecular weight is 427 g/mol. The van der Waals surface area contributed by atoms with Crippen molar-refractivity contribution in [3.05, 3.63) is 95.0 Å². The Morgan fingerprint density at radius 2 is 1.60 bits per heavy atom. The molecule has 7 heteroatoms. The van der Waals surface area contributed by atoms with Crippen LogP contribution in [0.5, 0.6) is 0 Å². The highest BCUT2D eigenvalue weighted by atomic mass is 35.5. The number of carbonyl (C=O) groups excluding carboxylic acids is 1. The highest BCUT2D eigenvalue weighted by Gasteiger charge is 2.34. The second-order valence-electron chi connectivity index (χ2n) is 6.56. The fourth-order valence-electron chi connectivity index (χ4n) is 3.16. The number of nitrogens with one attached hydrogen (secondary N) is 1. The van der Waals surface area contributed by atoms with E-state index in [2.05, 4.69) is 10.3 Å². The predicted octanol–water partition coefficient (Wildman–Crippen LogP) is 6.83. The molecular formula is C23H14ClF3N2O. The molecule has 0 fully saturated rings. The normalized spacial score (nSPS) is 11.5. The van der Waals surface area contributed by atoms with Gasteiger partial charge in [-0.15, -0.1) is 0 Å². The van der Waals surface area contributed by atoms with E-state index in [-0.39, 0.29) is 11.3 Å². The molecule has 3 aromatic carbocycles. The van der Waals surface area contributed by atoms with Gasteiger partial charge in [-0.1, -0.05) is 66.2 Å². The fraction of sp³-hybridized carbons (Fsp3) is 0.0435. The largest absolute Gasteiger partial charge is 0.417 e. The maximum absolute atomic E-state index is 13.1. The Kier molecular flexibility index (Phi) is 5.18. The van der Waals surface area contributed by atoms with Crippen LogP contribution in [0.15, 0.2) is 78.9 Å². The Bertz CT molecular complexity index is 1240. The number of hydrogen-bond donors (Lipinski definition) is 1. The lowest BCUT2D eigenvalue weighted by atomic mass is 10.0. The molecule has 0 aliphatic carbocycles. The van der Waals surface area contributed by atoms with Gasteiger partial charge in [0.15, 0.2) is 0 Å². The zero-order valence-electron chi connectivity index (χ0n) is 15.4. The monoisotopic (exact) mass is 426 g/mol. The van der Waals surface area contributed by atoms with E-state index >= 15 is 0 Å². The molecule has 1 N–H and O–H groups in total. The molecule has 1 heterocycles. The lowest BCUT2D eigenvalue weighted by molar-refractivity contribution is -0.137. The van der Waals surface area contributed by atoms with Crippen molar-refractivity contribution in [1.82, 2.24) is 4.98 Å². The van der Waals surface area contributed by atoms with Crippen LogP contribution in [0.4, 0.5) is 18.9 Å². The first-order valence-corrected chi connectivity index (χ1v) is 9.34. The zero-order chi connectivity index (χ0) is 21.3. The average Bonchev–Trinajstić information content (AvgIpc) is 2.74. The Morgan fingerprint density at radius 3 is 2.33 bits per heavy atom. The standard InChI is InChI=1S/C23H14ClF3N2O/c24-21-17(23(25,26)27)10-6-12-19(21)29-22(30)16-13-20(14-7-2-1-3-8-14)28-18-11-5-4-9-15(16)18/h1-13H,(H,29,30). The summed E-state index contributed by atoms with van der Waals surface area (Å²) in [4.78, 5) is 17.7.